The summed E-state index contributed by atoms with van der Waals surface area (Å²) in [5.74, 6) is -3.71. The molecule has 0 aliphatic heterocycles. The summed E-state index contributed by atoms with van der Waals surface area (Å²) < 4.78 is 24.3. The fourth-order valence-electron chi connectivity index (χ4n) is 1.45. The zero-order valence-corrected chi connectivity index (χ0v) is 12.5. The standard InChI is InChI=1S/C13H9NO6S2/c15-10(6-11(16)12(17)18)9-7-21-13(14-9)22(19,20)8-4-2-1-3-5-8/h1-7,16H,(H,17,18). The molecule has 0 aliphatic carbocycles. The number of carboxylic acids is 1. The molecule has 7 nitrogen and oxygen atoms in total. The number of hydrogen-bond donors (Lipinski definition) is 2. The molecule has 1 aromatic heterocycles. The SMILES string of the molecule is O=C(O)C(O)=CC(=O)c1csc(S(=O)(=O)c2ccccc2)n1. The van der Waals surface area contributed by atoms with E-state index in [9.17, 15) is 18.0 Å². The van der Waals surface area contributed by atoms with Gasteiger partial charge in [0.2, 0.25) is 25.7 Å². The summed E-state index contributed by atoms with van der Waals surface area (Å²) in [5.41, 5.74) is -0.257. The predicted molar refractivity (Wildman–Crippen MR) is 76.7 cm³/mol. The maximum atomic E-state index is 12.3. The number of benzene rings is 1. The number of carboxylic acid groups (broad SMARTS) is 1. The number of nitrogens with zero attached hydrogens (tertiary/aromatic N) is 1. The number of carbonyl (C=O) groups excluding carboxylic acids is 1. The Kier molecular flexibility index (Phi) is 4.38. The number of sulfone groups is 1. The van der Waals surface area contributed by atoms with Gasteiger partial charge in [0.05, 0.1) is 4.90 Å². The Hall–Kier alpha value is -2.52. The van der Waals surface area contributed by atoms with Crippen molar-refractivity contribution >= 4 is 32.9 Å². The summed E-state index contributed by atoms with van der Waals surface area (Å²) in [5, 5.41) is 18.7. The molecule has 22 heavy (non-hydrogen) atoms. The average Bonchev–Trinajstić information content (AvgIpc) is 2.98. The molecule has 1 heterocycles. The first kappa shape index (κ1) is 15.9. The second kappa shape index (κ2) is 6.08. The maximum Gasteiger partial charge on any atom is 0.371 e. The van der Waals surface area contributed by atoms with Gasteiger partial charge < -0.3 is 10.2 Å². The molecule has 0 amide bonds. The van der Waals surface area contributed by atoms with Crippen LogP contribution in [0.25, 0.3) is 0 Å². The second-order valence-corrected chi connectivity index (χ2v) is 7.00. The quantitative estimate of drug-likeness (QED) is 0.483. The first-order chi connectivity index (χ1) is 10.3. The highest BCUT2D eigenvalue weighted by atomic mass is 32.2. The molecule has 0 saturated carbocycles. The molecule has 0 unspecified atom stereocenters. The molecule has 9 heteroatoms. The van der Waals surface area contributed by atoms with Crippen LogP contribution in [0.5, 0.6) is 0 Å². The van der Waals surface area contributed by atoms with Crippen molar-refractivity contribution in [3.05, 3.63) is 53.2 Å². The topological polar surface area (TPSA) is 122 Å². The van der Waals surface area contributed by atoms with E-state index < -0.39 is 27.3 Å². The predicted octanol–water partition coefficient (Wildman–Crippen LogP) is 1.69. The third-order valence-electron chi connectivity index (χ3n) is 2.51. The second-order valence-electron chi connectivity index (χ2n) is 4.01. The molecule has 1 aromatic carbocycles. The van der Waals surface area contributed by atoms with Crippen LogP contribution >= 0.6 is 11.3 Å². The minimum absolute atomic E-state index is 0.0345. The molecular formula is C13H9NO6S2. The van der Waals surface area contributed by atoms with E-state index in [4.69, 9.17) is 10.2 Å². The van der Waals surface area contributed by atoms with Gasteiger partial charge in [0.1, 0.15) is 5.69 Å². The van der Waals surface area contributed by atoms with Crippen LogP contribution in [0, 0.1) is 0 Å². The van der Waals surface area contributed by atoms with Gasteiger partial charge in [-0.05, 0) is 12.1 Å². The van der Waals surface area contributed by atoms with Crippen LogP contribution in [0.4, 0.5) is 0 Å². The molecule has 2 aromatic rings. The summed E-state index contributed by atoms with van der Waals surface area (Å²) >= 11 is 0.737. The van der Waals surface area contributed by atoms with Crippen molar-refractivity contribution in [3.63, 3.8) is 0 Å². The molecule has 0 fully saturated rings. The molecule has 2 rings (SSSR count). The maximum absolute atomic E-state index is 12.3. The van der Waals surface area contributed by atoms with E-state index in [0.29, 0.717) is 6.08 Å². The van der Waals surface area contributed by atoms with Gasteiger partial charge in [-0.1, -0.05) is 18.2 Å². The summed E-state index contributed by atoms with van der Waals surface area (Å²) in [7, 11) is -3.84. The van der Waals surface area contributed by atoms with E-state index >= 15 is 0 Å². The number of thiazole rings is 1. The van der Waals surface area contributed by atoms with Gasteiger partial charge in [0.15, 0.2) is 0 Å². The lowest BCUT2D eigenvalue weighted by Gasteiger charge is -1.99. The van der Waals surface area contributed by atoms with Gasteiger partial charge in [-0.3, -0.25) is 4.79 Å². The lowest BCUT2D eigenvalue weighted by molar-refractivity contribution is -0.135. The van der Waals surface area contributed by atoms with Gasteiger partial charge in [-0.25, -0.2) is 18.2 Å². The lowest BCUT2D eigenvalue weighted by Crippen LogP contribution is -2.05. The normalized spacial score (nSPS) is 12.1. The van der Waals surface area contributed by atoms with Crippen molar-refractivity contribution in [1.82, 2.24) is 4.98 Å². The van der Waals surface area contributed by atoms with Crippen molar-refractivity contribution in [2.24, 2.45) is 0 Å². The summed E-state index contributed by atoms with van der Waals surface area (Å²) in [4.78, 5) is 25.9. The van der Waals surface area contributed by atoms with Gasteiger partial charge in [-0.15, -0.1) is 11.3 Å². The first-order valence-electron chi connectivity index (χ1n) is 5.76. The number of rotatable bonds is 5. The Morgan fingerprint density at radius 2 is 1.77 bits per heavy atom. The van der Waals surface area contributed by atoms with E-state index in [-0.39, 0.29) is 14.9 Å². The molecule has 0 spiro atoms. The van der Waals surface area contributed by atoms with Crippen LogP contribution in [-0.2, 0) is 14.6 Å². The third-order valence-corrected chi connectivity index (χ3v) is 5.53. The largest absolute Gasteiger partial charge is 0.502 e. The summed E-state index contributed by atoms with van der Waals surface area (Å²) in [6, 6.07) is 7.57. The fourth-order valence-corrected chi connectivity index (χ4v) is 3.86. The van der Waals surface area contributed by atoms with Crippen molar-refractivity contribution in [1.29, 1.82) is 0 Å². The number of carbonyl (C=O) groups is 2. The number of allylic oxidation sites excluding steroid dienone is 1. The van der Waals surface area contributed by atoms with E-state index in [1.807, 2.05) is 0 Å². The van der Waals surface area contributed by atoms with Gasteiger partial charge in [-0.2, -0.15) is 0 Å². The number of ketones is 1. The molecule has 114 valence electrons. The minimum atomic E-state index is -3.84. The minimum Gasteiger partial charge on any atom is -0.502 e. The lowest BCUT2D eigenvalue weighted by atomic mass is 10.3. The average molecular weight is 339 g/mol. The van der Waals surface area contributed by atoms with Gasteiger partial charge in [0, 0.05) is 11.5 Å². The summed E-state index contributed by atoms with van der Waals surface area (Å²) in [6.45, 7) is 0. The summed E-state index contributed by atoms with van der Waals surface area (Å²) in [6.07, 6.45) is 0.469. The Morgan fingerprint density at radius 1 is 1.14 bits per heavy atom. The fraction of sp³-hybridized carbons (Fsp3) is 0. The van der Waals surface area contributed by atoms with E-state index in [2.05, 4.69) is 4.98 Å². The van der Waals surface area contributed by atoms with Crippen molar-refractivity contribution in [2.45, 2.75) is 9.24 Å². The van der Waals surface area contributed by atoms with E-state index in [1.165, 1.54) is 17.5 Å². The van der Waals surface area contributed by atoms with E-state index in [1.54, 1.807) is 18.2 Å². The van der Waals surface area contributed by atoms with Gasteiger partial charge in [0.25, 0.3) is 0 Å². The molecule has 0 radical (unpaired) electrons. The number of hydrogen-bond acceptors (Lipinski definition) is 7. The van der Waals surface area contributed by atoms with Crippen LogP contribution in [0.15, 0.2) is 56.8 Å². The number of aromatic nitrogens is 1. The van der Waals surface area contributed by atoms with Crippen molar-refractivity contribution in [2.75, 3.05) is 0 Å². The molecule has 0 aliphatic rings. The van der Waals surface area contributed by atoms with E-state index in [0.717, 1.165) is 11.3 Å². The first-order valence-corrected chi connectivity index (χ1v) is 8.12. The Morgan fingerprint density at radius 3 is 2.36 bits per heavy atom. The van der Waals surface area contributed by atoms with Crippen LogP contribution in [0.2, 0.25) is 0 Å². The molecular weight excluding hydrogens is 330 g/mol. The smallest absolute Gasteiger partial charge is 0.371 e. The van der Waals surface area contributed by atoms with Crippen LogP contribution in [0.1, 0.15) is 10.5 Å². The highest BCUT2D eigenvalue weighted by Crippen LogP contribution is 2.24. The Labute approximate surface area is 129 Å². The molecule has 0 bridgehead atoms. The molecule has 0 atom stereocenters. The Bertz CT molecular complexity index is 852. The third kappa shape index (κ3) is 3.21. The van der Waals surface area contributed by atoms with Crippen molar-refractivity contribution < 1.29 is 28.2 Å². The zero-order chi connectivity index (χ0) is 16.3. The Balaban J connectivity index is 2.35. The monoisotopic (exact) mass is 339 g/mol. The highest BCUT2D eigenvalue weighted by molar-refractivity contribution is 7.93. The molecule has 2 N–H and O–H groups in total. The van der Waals surface area contributed by atoms with Crippen LogP contribution in [-0.4, -0.2) is 35.4 Å². The van der Waals surface area contributed by atoms with Crippen LogP contribution in [0.3, 0.4) is 0 Å². The number of aliphatic hydroxyl groups is 1. The van der Waals surface area contributed by atoms with Crippen LogP contribution < -0.4 is 0 Å². The number of aliphatic hydroxyl groups excluding tert-OH is 1. The number of aliphatic carboxylic acids is 1. The molecule has 0 saturated heterocycles. The van der Waals surface area contributed by atoms with Crippen molar-refractivity contribution in [3.8, 4) is 0 Å². The zero-order valence-electron chi connectivity index (χ0n) is 10.8. The van der Waals surface area contributed by atoms with Gasteiger partial charge >= 0.3 is 5.97 Å². The highest BCUT2D eigenvalue weighted by Gasteiger charge is 2.23.